The van der Waals surface area contributed by atoms with Gasteiger partial charge >= 0.3 is 0 Å². The first-order valence-corrected chi connectivity index (χ1v) is 8.77. The van der Waals surface area contributed by atoms with Gasteiger partial charge in [-0.15, -0.1) is 0 Å². The Balaban J connectivity index is 1.57. The van der Waals surface area contributed by atoms with Crippen LogP contribution in [0.4, 0.5) is 0 Å². The van der Waals surface area contributed by atoms with Gasteiger partial charge in [0.15, 0.2) is 0 Å². The third-order valence-corrected chi connectivity index (χ3v) is 5.18. The van der Waals surface area contributed by atoms with Crippen molar-refractivity contribution >= 4 is 5.91 Å². The van der Waals surface area contributed by atoms with Gasteiger partial charge in [0, 0.05) is 6.04 Å². The van der Waals surface area contributed by atoms with Gasteiger partial charge in [-0.05, 0) is 49.7 Å². The van der Waals surface area contributed by atoms with E-state index >= 15 is 0 Å². The summed E-state index contributed by atoms with van der Waals surface area (Å²) >= 11 is 0. The van der Waals surface area contributed by atoms with Crippen LogP contribution in [0.25, 0.3) is 0 Å². The number of nitrogens with one attached hydrogen (secondary N) is 1. The zero-order valence-corrected chi connectivity index (χ0v) is 14.2. The first-order chi connectivity index (χ1) is 11.6. The second-order valence-electron chi connectivity index (χ2n) is 7.00. The maximum Gasteiger partial charge on any atom is 0.244 e. The van der Waals surface area contributed by atoms with Gasteiger partial charge in [0.2, 0.25) is 5.91 Å². The van der Waals surface area contributed by atoms with Crippen molar-refractivity contribution < 1.29 is 4.79 Å². The van der Waals surface area contributed by atoms with Crippen LogP contribution in [0.15, 0.2) is 60.7 Å². The Morgan fingerprint density at radius 3 is 2.08 bits per heavy atom. The molecule has 1 saturated carbocycles. The molecule has 0 aliphatic heterocycles. The standard InChI is InChI=1S/C21H26N2O/c1-21(22,18-10-6-3-7-11-18)20(24)23-19-14-12-17(13-15-19)16-8-4-2-5-9-16/h2-11,17,19H,12-15,22H2,1H3,(H,23,24). The second-order valence-corrected chi connectivity index (χ2v) is 7.00. The summed E-state index contributed by atoms with van der Waals surface area (Å²) in [6.07, 6.45) is 4.25. The van der Waals surface area contributed by atoms with Crippen molar-refractivity contribution in [1.29, 1.82) is 0 Å². The summed E-state index contributed by atoms with van der Waals surface area (Å²) in [6.45, 7) is 1.78. The van der Waals surface area contributed by atoms with Crippen molar-refractivity contribution in [3.63, 3.8) is 0 Å². The van der Waals surface area contributed by atoms with Crippen LogP contribution < -0.4 is 11.1 Å². The summed E-state index contributed by atoms with van der Waals surface area (Å²) in [6, 6.07) is 20.5. The molecule has 0 aromatic heterocycles. The van der Waals surface area contributed by atoms with Crippen LogP contribution in [0.5, 0.6) is 0 Å². The second kappa shape index (κ2) is 7.18. The lowest BCUT2D eigenvalue weighted by Gasteiger charge is -2.32. The lowest BCUT2D eigenvalue weighted by Crippen LogP contribution is -2.52. The van der Waals surface area contributed by atoms with Gasteiger partial charge in [-0.2, -0.15) is 0 Å². The fourth-order valence-corrected chi connectivity index (χ4v) is 3.55. The molecule has 0 bridgehead atoms. The van der Waals surface area contributed by atoms with Crippen molar-refractivity contribution in [2.45, 2.75) is 50.1 Å². The first-order valence-electron chi connectivity index (χ1n) is 8.77. The molecule has 1 fully saturated rings. The molecule has 3 N–H and O–H groups in total. The quantitative estimate of drug-likeness (QED) is 0.901. The van der Waals surface area contributed by atoms with Crippen LogP contribution in [0.1, 0.15) is 49.7 Å². The predicted molar refractivity (Wildman–Crippen MR) is 97.6 cm³/mol. The van der Waals surface area contributed by atoms with E-state index in [1.165, 1.54) is 5.56 Å². The largest absolute Gasteiger partial charge is 0.351 e. The Morgan fingerprint density at radius 1 is 0.958 bits per heavy atom. The summed E-state index contributed by atoms with van der Waals surface area (Å²) in [4.78, 5) is 12.6. The third-order valence-electron chi connectivity index (χ3n) is 5.18. The van der Waals surface area contributed by atoms with Crippen LogP contribution in [0, 0.1) is 0 Å². The normalized spacial score (nSPS) is 23.2. The van der Waals surface area contributed by atoms with Gasteiger partial charge in [-0.1, -0.05) is 60.7 Å². The number of rotatable bonds is 4. The van der Waals surface area contributed by atoms with Gasteiger partial charge in [-0.3, -0.25) is 4.79 Å². The van der Waals surface area contributed by atoms with Crippen molar-refractivity contribution in [3.8, 4) is 0 Å². The number of hydrogen-bond donors (Lipinski definition) is 2. The van der Waals surface area contributed by atoms with E-state index in [9.17, 15) is 4.79 Å². The topological polar surface area (TPSA) is 55.1 Å². The Morgan fingerprint density at radius 2 is 1.50 bits per heavy atom. The molecule has 3 rings (SSSR count). The summed E-state index contributed by atoms with van der Waals surface area (Å²) in [5, 5.41) is 3.17. The molecule has 3 nitrogen and oxygen atoms in total. The molecule has 0 heterocycles. The Hall–Kier alpha value is -2.13. The van der Waals surface area contributed by atoms with E-state index in [0.29, 0.717) is 5.92 Å². The van der Waals surface area contributed by atoms with Gasteiger partial charge in [0.1, 0.15) is 5.54 Å². The first kappa shape index (κ1) is 16.7. The maximum atomic E-state index is 12.6. The highest BCUT2D eigenvalue weighted by Gasteiger charge is 2.33. The van der Waals surface area contributed by atoms with Crippen LogP contribution in [0.2, 0.25) is 0 Å². The summed E-state index contributed by atoms with van der Waals surface area (Å²) < 4.78 is 0. The zero-order chi connectivity index (χ0) is 17.0. The zero-order valence-electron chi connectivity index (χ0n) is 14.2. The highest BCUT2D eigenvalue weighted by molar-refractivity contribution is 5.87. The van der Waals surface area contributed by atoms with E-state index in [0.717, 1.165) is 31.2 Å². The molecule has 0 radical (unpaired) electrons. The fraction of sp³-hybridized carbons (Fsp3) is 0.381. The van der Waals surface area contributed by atoms with Gasteiger partial charge in [0.05, 0.1) is 0 Å². The van der Waals surface area contributed by atoms with Crippen molar-refractivity contribution in [2.24, 2.45) is 5.73 Å². The SMILES string of the molecule is CC(N)(C(=O)NC1CCC(c2ccccc2)CC1)c1ccccc1. The Kier molecular flexibility index (Phi) is 5.00. The van der Waals surface area contributed by atoms with E-state index in [4.69, 9.17) is 5.73 Å². The number of carbonyl (C=O) groups is 1. The molecule has 1 aliphatic carbocycles. The molecule has 1 aliphatic rings. The van der Waals surface area contributed by atoms with Crippen molar-refractivity contribution in [3.05, 3.63) is 71.8 Å². The molecular weight excluding hydrogens is 296 g/mol. The van der Waals surface area contributed by atoms with Crippen LogP contribution in [-0.2, 0) is 10.3 Å². The molecule has 1 atom stereocenters. The molecule has 2 aromatic rings. The highest BCUT2D eigenvalue weighted by Crippen LogP contribution is 2.33. The summed E-state index contributed by atoms with van der Waals surface area (Å²) in [7, 11) is 0. The van der Waals surface area contributed by atoms with E-state index in [1.807, 2.05) is 30.3 Å². The van der Waals surface area contributed by atoms with E-state index in [1.54, 1.807) is 6.92 Å². The smallest absolute Gasteiger partial charge is 0.244 e. The fourth-order valence-electron chi connectivity index (χ4n) is 3.55. The van der Waals surface area contributed by atoms with Crippen LogP contribution in [-0.4, -0.2) is 11.9 Å². The Labute approximate surface area is 144 Å². The molecular formula is C21H26N2O. The number of benzene rings is 2. The minimum absolute atomic E-state index is 0.0862. The van der Waals surface area contributed by atoms with Crippen molar-refractivity contribution in [1.82, 2.24) is 5.32 Å². The maximum absolute atomic E-state index is 12.6. The molecule has 3 heteroatoms. The van der Waals surface area contributed by atoms with Crippen LogP contribution >= 0.6 is 0 Å². The number of hydrogen-bond acceptors (Lipinski definition) is 2. The van der Waals surface area contributed by atoms with E-state index in [-0.39, 0.29) is 11.9 Å². The van der Waals surface area contributed by atoms with Crippen molar-refractivity contribution in [2.75, 3.05) is 0 Å². The molecule has 0 saturated heterocycles. The Bertz CT molecular complexity index is 659. The third kappa shape index (κ3) is 3.68. The summed E-state index contributed by atoms with van der Waals surface area (Å²) in [5.74, 6) is 0.523. The molecule has 2 aromatic carbocycles. The molecule has 24 heavy (non-hydrogen) atoms. The molecule has 126 valence electrons. The lowest BCUT2D eigenvalue weighted by atomic mass is 9.81. The summed E-state index contributed by atoms with van der Waals surface area (Å²) in [5.41, 5.74) is 7.58. The number of nitrogens with two attached hydrogens (primary N) is 1. The predicted octanol–water partition coefficient (Wildman–Crippen LogP) is 3.70. The average Bonchev–Trinajstić information content (AvgIpc) is 2.64. The van der Waals surface area contributed by atoms with E-state index < -0.39 is 5.54 Å². The molecule has 1 amide bonds. The lowest BCUT2D eigenvalue weighted by molar-refractivity contribution is -0.127. The number of carbonyl (C=O) groups excluding carboxylic acids is 1. The van der Waals surface area contributed by atoms with Crippen LogP contribution in [0.3, 0.4) is 0 Å². The van der Waals surface area contributed by atoms with E-state index in [2.05, 4.69) is 35.6 Å². The van der Waals surface area contributed by atoms with Gasteiger partial charge < -0.3 is 11.1 Å². The molecule has 1 unspecified atom stereocenters. The van der Waals surface area contributed by atoms with Gasteiger partial charge in [-0.25, -0.2) is 0 Å². The number of amides is 1. The monoisotopic (exact) mass is 322 g/mol. The van der Waals surface area contributed by atoms with Gasteiger partial charge in [0.25, 0.3) is 0 Å². The highest BCUT2D eigenvalue weighted by atomic mass is 16.2. The molecule has 0 spiro atoms. The minimum atomic E-state index is -0.989. The average molecular weight is 322 g/mol. The minimum Gasteiger partial charge on any atom is -0.351 e.